The zero-order valence-electron chi connectivity index (χ0n) is 11.3. The molecule has 1 aromatic carbocycles. The van der Waals surface area contributed by atoms with Crippen molar-refractivity contribution < 1.29 is 0 Å². The molecule has 98 valence electrons. The van der Waals surface area contributed by atoms with E-state index in [9.17, 15) is 0 Å². The molecule has 0 fully saturated rings. The van der Waals surface area contributed by atoms with Gasteiger partial charge in [-0.25, -0.2) is 10.1 Å². The molecular weight excluding hydrogens is 234 g/mol. The Kier molecular flexibility index (Phi) is 3.23. The lowest BCUT2D eigenvalue weighted by atomic mass is 10.2. The average Bonchev–Trinajstić information content (AvgIpc) is 2.75. The summed E-state index contributed by atoms with van der Waals surface area (Å²) in [4.78, 5) is 0. The maximum atomic E-state index is 4.13. The van der Waals surface area contributed by atoms with Gasteiger partial charge in [0.05, 0.1) is 5.69 Å². The lowest BCUT2D eigenvalue weighted by molar-refractivity contribution is 0.148. The van der Waals surface area contributed by atoms with Crippen LogP contribution < -0.4 is 5.12 Å². The molecule has 0 N–H and O–H groups in total. The van der Waals surface area contributed by atoms with Crippen LogP contribution in [0.1, 0.15) is 5.56 Å². The van der Waals surface area contributed by atoms with Gasteiger partial charge in [-0.15, -0.1) is 0 Å². The Bertz CT molecular complexity index is 545. The Morgan fingerprint density at radius 3 is 2.84 bits per heavy atom. The van der Waals surface area contributed by atoms with E-state index in [0.717, 1.165) is 25.2 Å². The summed E-state index contributed by atoms with van der Waals surface area (Å²) in [7, 11) is 2.12. The first-order chi connectivity index (χ1) is 9.25. The molecule has 0 radical (unpaired) electrons. The van der Waals surface area contributed by atoms with Gasteiger partial charge in [0.1, 0.15) is 0 Å². The molecule has 0 atom stereocenters. The minimum absolute atomic E-state index is 0.851. The van der Waals surface area contributed by atoms with Crippen LogP contribution in [0, 0.1) is 0 Å². The molecule has 0 aliphatic carbocycles. The van der Waals surface area contributed by atoms with E-state index < -0.39 is 0 Å². The highest BCUT2D eigenvalue weighted by atomic mass is 15.9. The first-order valence-corrected chi connectivity index (χ1v) is 6.60. The van der Waals surface area contributed by atoms with Gasteiger partial charge in [0.25, 0.3) is 0 Å². The van der Waals surface area contributed by atoms with Gasteiger partial charge < -0.3 is 0 Å². The normalized spacial score (nSPS) is 23.8. The van der Waals surface area contributed by atoms with E-state index in [1.807, 2.05) is 0 Å². The largest absolute Gasteiger partial charge is 0.235 e. The lowest BCUT2D eigenvalue weighted by Crippen LogP contribution is -2.49. The summed E-state index contributed by atoms with van der Waals surface area (Å²) in [6.45, 7) is 6.81. The Morgan fingerprint density at radius 2 is 1.95 bits per heavy atom. The van der Waals surface area contributed by atoms with E-state index in [1.54, 1.807) is 0 Å². The number of hydrogen-bond donors (Lipinski definition) is 0. The van der Waals surface area contributed by atoms with Crippen molar-refractivity contribution in [3.05, 3.63) is 66.3 Å². The second kappa shape index (κ2) is 5.03. The highest BCUT2D eigenvalue weighted by Crippen LogP contribution is 2.32. The highest BCUT2D eigenvalue weighted by molar-refractivity contribution is 5.55. The number of allylic oxidation sites excluding steroid dienone is 2. The van der Waals surface area contributed by atoms with Crippen molar-refractivity contribution >= 4 is 5.69 Å². The molecule has 0 saturated heterocycles. The maximum absolute atomic E-state index is 4.13. The van der Waals surface area contributed by atoms with Gasteiger partial charge in [-0.3, -0.25) is 0 Å². The van der Waals surface area contributed by atoms with Gasteiger partial charge in [0, 0.05) is 26.7 Å². The molecular formula is C16H19N3. The van der Waals surface area contributed by atoms with Crippen molar-refractivity contribution in [2.24, 2.45) is 0 Å². The first-order valence-electron chi connectivity index (χ1n) is 6.60. The summed E-state index contributed by atoms with van der Waals surface area (Å²) in [5.74, 6) is 0. The molecule has 3 rings (SSSR count). The summed E-state index contributed by atoms with van der Waals surface area (Å²) in [5, 5.41) is 6.83. The van der Waals surface area contributed by atoms with Crippen LogP contribution in [0.5, 0.6) is 0 Å². The Morgan fingerprint density at radius 1 is 1.11 bits per heavy atom. The van der Waals surface area contributed by atoms with E-state index in [4.69, 9.17) is 0 Å². The molecule has 1 aromatic rings. The van der Waals surface area contributed by atoms with Crippen molar-refractivity contribution in [3.63, 3.8) is 0 Å². The number of hydrazine groups is 2. The van der Waals surface area contributed by atoms with Crippen LogP contribution in [-0.4, -0.2) is 30.2 Å². The number of likely N-dealkylation sites (N-methyl/N-ethyl adjacent to an activating group) is 1. The molecule has 3 nitrogen and oxygen atoms in total. The molecule has 2 aliphatic rings. The predicted octanol–water partition coefficient (Wildman–Crippen LogP) is 2.75. The van der Waals surface area contributed by atoms with E-state index >= 15 is 0 Å². The minimum atomic E-state index is 0.851. The van der Waals surface area contributed by atoms with Crippen LogP contribution in [0.15, 0.2) is 60.7 Å². The molecule has 2 aliphatic heterocycles. The summed E-state index contributed by atoms with van der Waals surface area (Å²) < 4.78 is 0. The molecule has 0 bridgehead atoms. The molecule has 3 heteroatoms. The van der Waals surface area contributed by atoms with Gasteiger partial charge in [0.15, 0.2) is 0 Å². The molecule has 0 saturated carbocycles. The fraction of sp³-hybridized carbons (Fsp3) is 0.250. The second-order valence-corrected chi connectivity index (χ2v) is 5.03. The molecule has 2 heterocycles. The van der Waals surface area contributed by atoms with E-state index in [2.05, 4.69) is 77.3 Å². The van der Waals surface area contributed by atoms with Gasteiger partial charge in [0.2, 0.25) is 0 Å². The van der Waals surface area contributed by atoms with Crippen LogP contribution in [0.2, 0.25) is 0 Å². The standard InChI is InChI=1S/C16H19N3/c1-14-8-4-3-7-11-17(2)19-16-10-6-5-9-15(16)13-18(19)12-14/h3-10H,1,11-13H2,2H3/b7-3-,8-4-. The number of rotatable bonds is 0. The Labute approximate surface area is 114 Å². The monoisotopic (exact) mass is 253 g/mol. The number of benzene rings is 1. The van der Waals surface area contributed by atoms with Crippen molar-refractivity contribution in [3.8, 4) is 0 Å². The van der Waals surface area contributed by atoms with Crippen LogP contribution in [0.25, 0.3) is 0 Å². The van der Waals surface area contributed by atoms with Crippen molar-refractivity contribution in [2.75, 3.05) is 25.3 Å². The van der Waals surface area contributed by atoms with Crippen LogP contribution in [-0.2, 0) is 6.54 Å². The quantitative estimate of drug-likeness (QED) is 0.704. The Hall–Kier alpha value is -1.84. The van der Waals surface area contributed by atoms with Gasteiger partial charge >= 0.3 is 0 Å². The van der Waals surface area contributed by atoms with Gasteiger partial charge in [-0.05, 0) is 17.2 Å². The number of hydrogen-bond acceptors (Lipinski definition) is 3. The third-order valence-electron chi connectivity index (χ3n) is 3.49. The van der Waals surface area contributed by atoms with Crippen molar-refractivity contribution in [1.29, 1.82) is 0 Å². The molecule has 0 amide bonds. The smallest absolute Gasteiger partial charge is 0.0753 e. The molecule has 0 aromatic heterocycles. The van der Waals surface area contributed by atoms with Crippen LogP contribution in [0.3, 0.4) is 0 Å². The highest BCUT2D eigenvalue weighted by Gasteiger charge is 2.29. The summed E-state index contributed by atoms with van der Waals surface area (Å²) in [6, 6.07) is 8.58. The van der Waals surface area contributed by atoms with Crippen LogP contribution >= 0.6 is 0 Å². The zero-order valence-corrected chi connectivity index (χ0v) is 11.3. The van der Waals surface area contributed by atoms with Crippen LogP contribution in [0.4, 0.5) is 5.69 Å². The second-order valence-electron chi connectivity index (χ2n) is 5.03. The zero-order chi connectivity index (χ0) is 13.2. The summed E-state index contributed by atoms with van der Waals surface area (Å²) >= 11 is 0. The van der Waals surface area contributed by atoms with Crippen molar-refractivity contribution in [1.82, 2.24) is 10.0 Å². The molecule has 0 unspecified atom stereocenters. The predicted molar refractivity (Wildman–Crippen MR) is 79.4 cm³/mol. The van der Waals surface area contributed by atoms with E-state index in [1.165, 1.54) is 11.3 Å². The summed E-state index contributed by atoms with van der Waals surface area (Å²) in [6.07, 6.45) is 8.39. The average molecular weight is 253 g/mol. The summed E-state index contributed by atoms with van der Waals surface area (Å²) in [5.41, 5.74) is 3.77. The fourth-order valence-corrected chi connectivity index (χ4v) is 2.63. The van der Waals surface area contributed by atoms with Gasteiger partial charge in [-0.2, -0.15) is 5.01 Å². The molecule has 0 spiro atoms. The third kappa shape index (κ3) is 2.35. The van der Waals surface area contributed by atoms with Gasteiger partial charge in [-0.1, -0.05) is 49.1 Å². The lowest BCUT2D eigenvalue weighted by Gasteiger charge is -2.37. The Balaban J connectivity index is 1.97. The maximum Gasteiger partial charge on any atom is 0.0753 e. The fourth-order valence-electron chi connectivity index (χ4n) is 2.63. The number of para-hydroxylation sites is 1. The van der Waals surface area contributed by atoms with E-state index in [-0.39, 0.29) is 0 Å². The third-order valence-corrected chi connectivity index (χ3v) is 3.49. The van der Waals surface area contributed by atoms with E-state index in [0.29, 0.717) is 0 Å². The number of fused-ring (bicyclic) bond motifs is 3. The number of nitrogens with zero attached hydrogens (tertiary/aromatic N) is 3. The molecule has 19 heavy (non-hydrogen) atoms. The minimum Gasteiger partial charge on any atom is -0.235 e. The first kappa shape index (κ1) is 12.2. The SMILES string of the molecule is C=C1/C=C\C=C/CN(C)N2c3ccccc3CN2C1. The van der Waals surface area contributed by atoms with Crippen molar-refractivity contribution in [2.45, 2.75) is 6.54 Å². The number of anilines is 1. The topological polar surface area (TPSA) is 9.72 Å².